The summed E-state index contributed by atoms with van der Waals surface area (Å²) in [5, 5.41) is 11.5. The van der Waals surface area contributed by atoms with Crippen molar-refractivity contribution in [1.29, 1.82) is 0 Å². The van der Waals surface area contributed by atoms with Crippen molar-refractivity contribution in [2.24, 2.45) is 11.8 Å². The molecule has 186 valence electrons. The van der Waals surface area contributed by atoms with Crippen LogP contribution in [0.4, 0.5) is 4.79 Å². The predicted octanol–water partition coefficient (Wildman–Crippen LogP) is 4.22. The minimum Gasteiger partial charge on any atom is -0.480 e. The van der Waals surface area contributed by atoms with Crippen LogP contribution in [0.25, 0.3) is 11.1 Å². The molecule has 1 fully saturated rings. The van der Waals surface area contributed by atoms with Crippen LogP contribution in [0, 0.1) is 11.8 Å². The zero-order valence-electron chi connectivity index (χ0n) is 20.1. The molecule has 2 atom stereocenters. The quantitative estimate of drug-likeness (QED) is 0.568. The Balaban J connectivity index is 1.36. The van der Waals surface area contributed by atoms with Crippen molar-refractivity contribution in [2.45, 2.75) is 31.4 Å². The minimum atomic E-state index is -0.898. The summed E-state index contributed by atoms with van der Waals surface area (Å²) >= 11 is 1.36. The lowest BCUT2D eigenvalue weighted by molar-refractivity contribution is -0.139. The average Bonchev–Trinajstić information content (AvgIpc) is 3.18. The summed E-state index contributed by atoms with van der Waals surface area (Å²) in [5.41, 5.74) is 4.62. The van der Waals surface area contributed by atoms with E-state index >= 15 is 0 Å². The molecular formula is C27H32N2O5S. The molecular weight excluding hydrogens is 464 g/mol. The second kappa shape index (κ2) is 11.2. The largest absolute Gasteiger partial charge is 0.480 e. The lowest BCUT2D eigenvalue weighted by atomic mass is 9.95. The smallest absolute Gasteiger partial charge is 0.407 e. The number of amides is 2. The number of ether oxygens (including phenoxy) is 1. The summed E-state index contributed by atoms with van der Waals surface area (Å²) in [6.07, 6.45) is 0.0511. The van der Waals surface area contributed by atoms with Gasteiger partial charge in [0, 0.05) is 31.3 Å². The zero-order chi connectivity index (χ0) is 24.9. The number of rotatable bonds is 8. The van der Waals surface area contributed by atoms with E-state index in [2.05, 4.69) is 29.6 Å². The van der Waals surface area contributed by atoms with Crippen molar-refractivity contribution in [3.8, 4) is 11.1 Å². The number of fused-ring (bicyclic) bond motifs is 3. The van der Waals surface area contributed by atoms with Gasteiger partial charge in [0.1, 0.15) is 11.9 Å². The summed E-state index contributed by atoms with van der Waals surface area (Å²) in [4.78, 5) is 38.8. The van der Waals surface area contributed by atoms with Crippen molar-refractivity contribution in [1.82, 2.24) is 10.2 Å². The van der Waals surface area contributed by atoms with Gasteiger partial charge in [-0.1, -0.05) is 62.4 Å². The Kier molecular flexibility index (Phi) is 8.00. The predicted molar refractivity (Wildman–Crippen MR) is 136 cm³/mol. The highest BCUT2D eigenvalue weighted by Gasteiger charge is 2.33. The number of benzene rings is 2. The Hall–Kier alpha value is -3.00. The molecule has 2 aliphatic rings. The van der Waals surface area contributed by atoms with E-state index in [9.17, 15) is 19.5 Å². The highest BCUT2D eigenvalue weighted by atomic mass is 32.2. The van der Waals surface area contributed by atoms with Crippen molar-refractivity contribution in [2.75, 3.05) is 32.0 Å². The molecule has 2 N–H and O–H groups in total. The Morgan fingerprint density at radius 3 is 2.31 bits per heavy atom. The van der Waals surface area contributed by atoms with Gasteiger partial charge < -0.3 is 20.1 Å². The summed E-state index contributed by atoms with van der Waals surface area (Å²) < 4.78 is 5.61. The van der Waals surface area contributed by atoms with Gasteiger partial charge in [0.05, 0.1) is 5.92 Å². The van der Waals surface area contributed by atoms with E-state index in [-0.39, 0.29) is 37.4 Å². The number of carbonyl (C=O) groups is 3. The number of carboxylic acids is 1. The molecule has 2 aromatic rings. The maximum atomic E-state index is 13.2. The third kappa shape index (κ3) is 5.81. The molecule has 0 aromatic heterocycles. The minimum absolute atomic E-state index is 0.0277. The number of nitrogens with zero attached hydrogens (tertiary/aromatic N) is 1. The second-order valence-corrected chi connectivity index (χ2v) is 10.8. The van der Waals surface area contributed by atoms with E-state index in [1.54, 1.807) is 4.90 Å². The number of carbonyl (C=O) groups excluding carboxylic acids is 2. The fraction of sp³-hybridized carbons (Fsp3) is 0.444. The van der Waals surface area contributed by atoms with Gasteiger partial charge in [-0.25, -0.2) is 4.79 Å². The maximum Gasteiger partial charge on any atom is 0.407 e. The van der Waals surface area contributed by atoms with Crippen LogP contribution < -0.4 is 5.32 Å². The summed E-state index contributed by atoms with van der Waals surface area (Å²) in [6.45, 7) is 5.14. The molecule has 1 saturated heterocycles. The van der Waals surface area contributed by atoms with Crippen LogP contribution in [-0.2, 0) is 14.3 Å². The third-order valence-electron chi connectivity index (χ3n) is 6.60. The number of thioether (sulfide) groups is 1. The molecule has 4 rings (SSSR count). The van der Waals surface area contributed by atoms with Gasteiger partial charge >= 0.3 is 12.1 Å². The number of hydrogen-bond acceptors (Lipinski definition) is 5. The van der Waals surface area contributed by atoms with Crippen molar-refractivity contribution < 1.29 is 24.2 Å². The second-order valence-electron chi connectivity index (χ2n) is 9.51. The lowest BCUT2D eigenvalue weighted by Gasteiger charge is -2.33. The number of nitrogens with one attached hydrogen (secondary N) is 1. The van der Waals surface area contributed by atoms with E-state index in [4.69, 9.17) is 4.74 Å². The molecule has 0 bridgehead atoms. The van der Waals surface area contributed by atoms with Gasteiger partial charge in [-0.3, -0.25) is 9.59 Å². The molecule has 0 spiro atoms. The van der Waals surface area contributed by atoms with E-state index < -0.39 is 23.2 Å². The van der Waals surface area contributed by atoms with Crippen LogP contribution in [-0.4, -0.2) is 65.2 Å². The molecule has 2 amide bonds. The van der Waals surface area contributed by atoms with Gasteiger partial charge in [-0.05, 0) is 34.6 Å². The SMILES string of the molecule is CC(C)CC(CNC(=O)OCC1c2ccccc2-c2ccccc21)C(=O)N1CCSC(C(=O)O)C1. The van der Waals surface area contributed by atoms with E-state index in [0.29, 0.717) is 18.7 Å². The highest BCUT2D eigenvalue weighted by Crippen LogP contribution is 2.44. The zero-order valence-corrected chi connectivity index (χ0v) is 20.9. The number of hydrogen-bond donors (Lipinski definition) is 2. The summed E-state index contributed by atoms with van der Waals surface area (Å²) in [6, 6.07) is 16.3. The number of aliphatic carboxylic acids is 1. The fourth-order valence-corrected chi connectivity index (χ4v) is 5.99. The van der Waals surface area contributed by atoms with Gasteiger partial charge in [0.2, 0.25) is 5.91 Å². The first kappa shape index (κ1) is 25.1. The number of carboxylic acid groups (broad SMARTS) is 1. The molecule has 8 heteroatoms. The van der Waals surface area contributed by atoms with Gasteiger partial charge in [0.25, 0.3) is 0 Å². The Morgan fingerprint density at radius 1 is 1.09 bits per heavy atom. The third-order valence-corrected chi connectivity index (χ3v) is 7.77. The van der Waals surface area contributed by atoms with Crippen LogP contribution >= 0.6 is 11.8 Å². The monoisotopic (exact) mass is 496 g/mol. The van der Waals surface area contributed by atoms with Crippen LogP contribution in [0.2, 0.25) is 0 Å². The Labute approximate surface area is 210 Å². The molecule has 2 unspecified atom stereocenters. The van der Waals surface area contributed by atoms with E-state index in [1.807, 2.05) is 38.1 Å². The molecule has 1 aliphatic carbocycles. The molecule has 2 aromatic carbocycles. The topological polar surface area (TPSA) is 95.9 Å². The van der Waals surface area contributed by atoms with Crippen molar-refractivity contribution in [3.63, 3.8) is 0 Å². The van der Waals surface area contributed by atoms with Crippen LogP contribution in [0.1, 0.15) is 37.3 Å². The Bertz CT molecular complexity index is 1040. The molecule has 0 radical (unpaired) electrons. The van der Waals surface area contributed by atoms with Gasteiger partial charge in [0.15, 0.2) is 0 Å². The maximum absolute atomic E-state index is 13.2. The average molecular weight is 497 g/mol. The fourth-order valence-electron chi connectivity index (χ4n) is 4.95. The van der Waals surface area contributed by atoms with Crippen LogP contribution in [0.5, 0.6) is 0 Å². The standard InChI is InChI=1S/C27H32N2O5S/c1-17(2)13-18(25(30)29-11-12-35-24(15-29)26(31)32)14-28-27(33)34-16-23-21-9-5-3-7-19(21)20-8-4-6-10-22(20)23/h3-10,17-18,23-24H,11-16H2,1-2H3,(H,28,33)(H,31,32). The molecule has 0 saturated carbocycles. The van der Waals surface area contributed by atoms with E-state index in [1.165, 1.54) is 22.9 Å². The summed E-state index contributed by atoms with van der Waals surface area (Å²) in [5.74, 6) is -0.610. The summed E-state index contributed by atoms with van der Waals surface area (Å²) in [7, 11) is 0. The molecule has 1 aliphatic heterocycles. The first-order valence-electron chi connectivity index (χ1n) is 12.1. The van der Waals surface area contributed by atoms with Gasteiger partial charge in [-0.15, -0.1) is 11.8 Å². The molecule has 35 heavy (non-hydrogen) atoms. The van der Waals surface area contributed by atoms with E-state index in [0.717, 1.165) is 11.1 Å². The highest BCUT2D eigenvalue weighted by molar-refractivity contribution is 8.00. The van der Waals surface area contributed by atoms with Gasteiger partial charge in [-0.2, -0.15) is 0 Å². The van der Waals surface area contributed by atoms with Crippen molar-refractivity contribution in [3.05, 3.63) is 59.7 Å². The lowest BCUT2D eigenvalue weighted by Crippen LogP contribution is -2.49. The van der Waals surface area contributed by atoms with Crippen molar-refractivity contribution >= 4 is 29.7 Å². The normalized spacial score (nSPS) is 18.0. The molecule has 7 nitrogen and oxygen atoms in total. The van der Waals surface area contributed by atoms with Crippen LogP contribution in [0.3, 0.4) is 0 Å². The first-order chi connectivity index (χ1) is 16.8. The first-order valence-corrected chi connectivity index (χ1v) is 13.1. The molecule has 1 heterocycles. The van der Waals surface area contributed by atoms with Crippen LogP contribution in [0.15, 0.2) is 48.5 Å². The number of alkyl carbamates (subject to hydrolysis) is 1. The Morgan fingerprint density at radius 2 is 1.71 bits per heavy atom.